The maximum absolute atomic E-state index is 11.9. The molecular formula is C15H30N2O4S. The van der Waals surface area contributed by atoms with Gasteiger partial charge in [-0.25, -0.2) is 13.2 Å². The Morgan fingerprint density at radius 2 is 1.86 bits per heavy atom. The number of alkyl carbamates (subject to hydrolysis) is 1. The maximum atomic E-state index is 11.9. The van der Waals surface area contributed by atoms with Crippen molar-refractivity contribution in [2.45, 2.75) is 77.6 Å². The van der Waals surface area contributed by atoms with E-state index in [1.54, 1.807) is 6.92 Å². The second kappa shape index (κ2) is 7.64. The zero-order valence-corrected chi connectivity index (χ0v) is 15.1. The molecule has 2 N–H and O–H groups in total. The van der Waals surface area contributed by atoms with E-state index in [2.05, 4.69) is 10.6 Å². The summed E-state index contributed by atoms with van der Waals surface area (Å²) in [7, 11) is -3.00. The molecule has 22 heavy (non-hydrogen) atoms. The van der Waals surface area contributed by atoms with Crippen molar-refractivity contribution in [1.29, 1.82) is 0 Å². The number of carbonyl (C=O) groups excluding carboxylic acids is 1. The average molecular weight is 334 g/mol. The van der Waals surface area contributed by atoms with Crippen LogP contribution in [0.15, 0.2) is 0 Å². The molecule has 1 saturated carbocycles. The fourth-order valence-corrected chi connectivity index (χ4v) is 3.80. The molecule has 0 aliphatic heterocycles. The second-order valence-corrected chi connectivity index (χ2v) is 9.45. The van der Waals surface area contributed by atoms with Gasteiger partial charge in [0, 0.05) is 23.9 Å². The summed E-state index contributed by atoms with van der Waals surface area (Å²) in [5, 5.41) is 6.23. The van der Waals surface area contributed by atoms with Crippen molar-refractivity contribution in [1.82, 2.24) is 10.6 Å². The largest absolute Gasteiger partial charge is 0.444 e. The van der Waals surface area contributed by atoms with Crippen molar-refractivity contribution in [3.05, 3.63) is 0 Å². The zero-order valence-electron chi connectivity index (χ0n) is 14.3. The van der Waals surface area contributed by atoms with Crippen molar-refractivity contribution in [2.24, 2.45) is 0 Å². The Balaban J connectivity index is 2.51. The molecule has 3 unspecified atom stereocenters. The molecule has 1 fully saturated rings. The summed E-state index contributed by atoms with van der Waals surface area (Å²) in [6.45, 7) is 9.01. The Kier molecular flexibility index (Phi) is 6.67. The lowest BCUT2D eigenvalue weighted by atomic mass is 10.1. The average Bonchev–Trinajstić information content (AvgIpc) is 2.73. The molecule has 0 saturated heterocycles. The van der Waals surface area contributed by atoms with E-state index in [0.717, 1.165) is 19.3 Å². The minimum atomic E-state index is -3.00. The third-order valence-corrected chi connectivity index (χ3v) is 5.55. The van der Waals surface area contributed by atoms with Gasteiger partial charge in [0.15, 0.2) is 9.84 Å². The molecule has 6 nitrogen and oxygen atoms in total. The van der Waals surface area contributed by atoms with Crippen LogP contribution in [-0.4, -0.2) is 49.7 Å². The lowest BCUT2D eigenvalue weighted by Gasteiger charge is -2.27. The highest BCUT2D eigenvalue weighted by molar-refractivity contribution is 7.91. The topological polar surface area (TPSA) is 84.5 Å². The number of ether oxygens (including phenoxy) is 1. The van der Waals surface area contributed by atoms with Crippen molar-refractivity contribution in [3.8, 4) is 0 Å². The number of rotatable bonds is 6. The lowest BCUT2D eigenvalue weighted by Crippen LogP contribution is -2.51. The summed E-state index contributed by atoms with van der Waals surface area (Å²) in [6.07, 6.45) is 2.40. The van der Waals surface area contributed by atoms with Gasteiger partial charge >= 0.3 is 6.09 Å². The smallest absolute Gasteiger partial charge is 0.407 e. The fraction of sp³-hybridized carbons (Fsp3) is 0.933. The van der Waals surface area contributed by atoms with E-state index in [-0.39, 0.29) is 29.6 Å². The summed E-state index contributed by atoms with van der Waals surface area (Å²) < 4.78 is 28.6. The number of sulfone groups is 1. The van der Waals surface area contributed by atoms with E-state index in [1.807, 2.05) is 27.7 Å². The van der Waals surface area contributed by atoms with Gasteiger partial charge in [-0.1, -0.05) is 6.92 Å². The highest BCUT2D eigenvalue weighted by Gasteiger charge is 2.31. The van der Waals surface area contributed by atoms with E-state index < -0.39 is 21.5 Å². The zero-order chi connectivity index (χ0) is 17.0. The van der Waals surface area contributed by atoms with Crippen LogP contribution >= 0.6 is 0 Å². The Morgan fingerprint density at radius 1 is 1.27 bits per heavy atom. The summed E-state index contributed by atoms with van der Waals surface area (Å²) in [6, 6.07) is -0.0489. The normalized spacial score (nSPS) is 24.0. The molecule has 1 aliphatic rings. The van der Waals surface area contributed by atoms with Crippen LogP contribution in [0.4, 0.5) is 4.79 Å². The standard InChI is InChI=1S/C15H30N2O4S/c1-6-22(19,20)10-11(2)16-12-8-7-9-13(12)17-14(18)21-15(3,4)5/h11-13,16H,6-10H2,1-5H3,(H,17,18). The molecule has 0 aromatic heterocycles. The van der Waals surface area contributed by atoms with Crippen molar-refractivity contribution >= 4 is 15.9 Å². The first-order valence-corrected chi connectivity index (χ1v) is 9.80. The number of hydrogen-bond acceptors (Lipinski definition) is 5. The third kappa shape index (κ3) is 6.96. The monoisotopic (exact) mass is 334 g/mol. The molecule has 0 heterocycles. The number of amides is 1. The van der Waals surface area contributed by atoms with E-state index in [9.17, 15) is 13.2 Å². The minimum Gasteiger partial charge on any atom is -0.444 e. The Labute approximate surface area is 134 Å². The summed E-state index contributed by atoms with van der Waals surface area (Å²) >= 11 is 0. The van der Waals surface area contributed by atoms with Gasteiger partial charge in [0.2, 0.25) is 0 Å². The van der Waals surface area contributed by atoms with Gasteiger partial charge in [-0.2, -0.15) is 0 Å². The highest BCUT2D eigenvalue weighted by Crippen LogP contribution is 2.20. The predicted molar refractivity (Wildman–Crippen MR) is 87.7 cm³/mol. The van der Waals surface area contributed by atoms with Crippen LogP contribution in [0.5, 0.6) is 0 Å². The molecule has 0 aromatic carbocycles. The van der Waals surface area contributed by atoms with Gasteiger partial charge in [0.05, 0.1) is 5.75 Å². The van der Waals surface area contributed by atoms with E-state index >= 15 is 0 Å². The molecule has 1 rings (SSSR count). The fourth-order valence-electron chi connectivity index (χ4n) is 2.70. The van der Waals surface area contributed by atoms with Crippen molar-refractivity contribution in [2.75, 3.05) is 11.5 Å². The molecule has 0 aromatic rings. The van der Waals surface area contributed by atoms with E-state index in [4.69, 9.17) is 4.74 Å². The summed E-state index contributed by atoms with van der Waals surface area (Å²) in [5.74, 6) is 0.280. The molecule has 0 spiro atoms. The quantitative estimate of drug-likeness (QED) is 0.774. The van der Waals surface area contributed by atoms with Crippen LogP contribution in [0.2, 0.25) is 0 Å². The Bertz CT molecular complexity index is 470. The molecule has 3 atom stereocenters. The number of hydrogen-bond donors (Lipinski definition) is 2. The lowest BCUT2D eigenvalue weighted by molar-refractivity contribution is 0.0497. The molecule has 0 bridgehead atoms. The predicted octanol–water partition coefficient (Wildman–Crippen LogP) is 1.84. The third-order valence-electron chi connectivity index (χ3n) is 3.66. The first-order valence-electron chi connectivity index (χ1n) is 7.98. The first-order chi connectivity index (χ1) is 10.0. The molecule has 1 amide bonds. The van der Waals surface area contributed by atoms with Crippen LogP contribution in [0.25, 0.3) is 0 Å². The van der Waals surface area contributed by atoms with Crippen LogP contribution in [0.1, 0.15) is 53.9 Å². The van der Waals surface area contributed by atoms with Gasteiger partial charge in [-0.15, -0.1) is 0 Å². The summed E-state index contributed by atoms with van der Waals surface area (Å²) in [4.78, 5) is 11.9. The molecule has 0 radical (unpaired) electrons. The van der Waals surface area contributed by atoms with E-state index in [1.165, 1.54) is 0 Å². The van der Waals surface area contributed by atoms with Crippen molar-refractivity contribution < 1.29 is 17.9 Å². The van der Waals surface area contributed by atoms with Gasteiger partial charge in [-0.05, 0) is 47.0 Å². The van der Waals surface area contributed by atoms with Crippen LogP contribution in [-0.2, 0) is 14.6 Å². The van der Waals surface area contributed by atoms with Gasteiger partial charge in [0.25, 0.3) is 0 Å². The van der Waals surface area contributed by atoms with Gasteiger partial charge in [-0.3, -0.25) is 0 Å². The highest BCUT2D eigenvalue weighted by atomic mass is 32.2. The van der Waals surface area contributed by atoms with Crippen LogP contribution in [0.3, 0.4) is 0 Å². The first kappa shape index (κ1) is 19.2. The maximum Gasteiger partial charge on any atom is 0.407 e. The van der Waals surface area contributed by atoms with E-state index in [0.29, 0.717) is 0 Å². The Morgan fingerprint density at radius 3 is 2.41 bits per heavy atom. The van der Waals surface area contributed by atoms with Gasteiger partial charge in [0.1, 0.15) is 5.60 Å². The Hall–Kier alpha value is -0.820. The number of nitrogens with one attached hydrogen (secondary N) is 2. The number of carbonyl (C=O) groups is 1. The SMILES string of the molecule is CCS(=O)(=O)CC(C)NC1CCCC1NC(=O)OC(C)(C)C. The van der Waals surface area contributed by atoms with Crippen LogP contribution in [0, 0.1) is 0 Å². The van der Waals surface area contributed by atoms with Gasteiger partial charge < -0.3 is 15.4 Å². The molecular weight excluding hydrogens is 304 g/mol. The molecule has 1 aliphatic carbocycles. The molecule has 130 valence electrons. The second-order valence-electron chi connectivity index (χ2n) is 7.06. The van der Waals surface area contributed by atoms with Crippen molar-refractivity contribution in [3.63, 3.8) is 0 Å². The van der Waals surface area contributed by atoms with Crippen LogP contribution < -0.4 is 10.6 Å². The minimum absolute atomic E-state index is 0.0124. The molecule has 7 heteroatoms. The summed E-state index contributed by atoms with van der Waals surface area (Å²) in [5.41, 5.74) is -0.520.